The van der Waals surface area contributed by atoms with E-state index in [0.717, 1.165) is 6.42 Å². The van der Waals surface area contributed by atoms with Gasteiger partial charge < -0.3 is 15.7 Å². The number of H-pyrrole nitrogens is 1. The number of halogens is 3. The van der Waals surface area contributed by atoms with Crippen LogP contribution in [0.4, 0.5) is 18.9 Å². The molecule has 4 N–H and O–H groups in total. The van der Waals surface area contributed by atoms with Gasteiger partial charge in [0.05, 0.1) is 18.0 Å². The Hall–Kier alpha value is -1.77. The number of aryl methyl sites for hydroxylation is 1. The summed E-state index contributed by atoms with van der Waals surface area (Å²) in [4.78, 5) is 12.5. The number of nitrogens with one attached hydrogen (secondary N) is 1. The fraction of sp³-hybridized carbons (Fsp3) is 0.636. The molecule has 0 aromatic carbocycles. The molecule has 0 unspecified atom stereocenters. The van der Waals surface area contributed by atoms with Crippen molar-refractivity contribution in [3.05, 3.63) is 11.4 Å². The van der Waals surface area contributed by atoms with Crippen molar-refractivity contribution in [2.75, 3.05) is 25.4 Å². The zero-order valence-electron chi connectivity index (χ0n) is 11.0. The Kier molecular flexibility index (Phi) is 5.37. The SMILES string of the molecule is CCCc1[nH]nc(C(=O)N(CCO)CC(F)(F)F)c1N. The van der Waals surface area contributed by atoms with E-state index in [0.29, 0.717) is 17.0 Å². The fourth-order valence-electron chi connectivity index (χ4n) is 1.73. The van der Waals surface area contributed by atoms with Gasteiger partial charge in [0.2, 0.25) is 0 Å². The molecule has 0 aliphatic rings. The molecule has 1 aromatic rings. The zero-order chi connectivity index (χ0) is 15.3. The Labute approximate surface area is 113 Å². The Bertz CT molecular complexity index is 459. The van der Waals surface area contributed by atoms with Crippen LogP contribution in [0.2, 0.25) is 0 Å². The lowest BCUT2D eigenvalue weighted by atomic mass is 10.2. The molecule has 0 aliphatic carbocycles. The lowest BCUT2D eigenvalue weighted by Gasteiger charge is -2.22. The van der Waals surface area contributed by atoms with Crippen LogP contribution in [0.25, 0.3) is 0 Å². The van der Waals surface area contributed by atoms with E-state index >= 15 is 0 Å². The van der Waals surface area contributed by atoms with Crippen LogP contribution in [-0.4, -0.2) is 52.0 Å². The number of nitrogen functional groups attached to an aromatic ring is 1. The number of amides is 1. The van der Waals surface area contributed by atoms with Gasteiger partial charge in [0.1, 0.15) is 6.54 Å². The molecule has 0 saturated carbocycles. The lowest BCUT2D eigenvalue weighted by molar-refractivity contribution is -0.141. The van der Waals surface area contributed by atoms with Crippen molar-refractivity contribution in [3.8, 4) is 0 Å². The average Bonchev–Trinajstić information content (AvgIpc) is 2.69. The lowest BCUT2D eigenvalue weighted by Crippen LogP contribution is -2.41. The van der Waals surface area contributed by atoms with Crippen molar-refractivity contribution in [2.24, 2.45) is 0 Å². The first-order valence-corrected chi connectivity index (χ1v) is 6.09. The maximum atomic E-state index is 12.4. The van der Waals surface area contributed by atoms with E-state index in [-0.39, 0.29) is 11.4 Å². The van der Waals surface area contributed by atoms with Crippen LogP contribution in [0, 0.1) is 0 Å². The highest BCUT2D eigenvalue weighted by Gasteiger charge is 2.34. The molecule has 0 saturated heterocycles. The normalized spacial score (nSPS) is 11.7. The van der Waals surface area contributed by atoms with Gasteiger partial charge in [0.25, 0.3) is 5.91 Å². The minimum absolute atomic E-state index is 0.0574. The molecule has 114 valence electrons. The fourth-order valence-corrected chi connectivity index (χ4v) is 1.73. The number of nitrogens with two attached hydrogens (primary N) is 1. The molecule has 1 aromatic heterocycles. The van der Waals surface area contributed by atoms with E-state index in [1.807, 2.05) is 6.92 Å². The van der Waals surface area contributed by atoms with Crippen LogP contribution < -0.4 is 5.73 Å². The van der Waals surface area contributed by atoms with Gasteiger partial charge in [0, 0.05) is 6.54 Å². The van der Waals surface area contributed by atoms with Gasteiger partial charge in [0.15, 0.2) is 5.69 Å². The zero-order valence-corrected chi connectivity index (χ0v) is 11.0. The van der Waals surface area contributed by atoms with E-state index < -0.39 is 31.8 Å². The molecule has 9 heteroatoms. The molecule has 1 amide bonds. The predicted octanol–water partition coefficient (Wildman–Crippen LogP) is 0.941. The van der Waals surface area contributed by atoms with Crippen molar-refractivity contribution in [2.45, 2.75) is 25.9 Å². The van der Waals surface area contributed by atoms with E-state index in [1.165, 1.54) is 0 Å². The van der Waals surface area contributed by atoms with Gasteiger partial charge in [-0.15, -0.1) is 0 Å². The number of nitrogens with zero attached hydrogens (tertiary/aromatic N) is 2. The van der Waals surface area contributed by atoms with Crippen molar-refractivity contribution in [1.29, 1.82) is 0 Å². The first-order chi connectivity index (χ1) is 9.30. The second kappa shape index (κ2) is 6.60. The number of carbonyl (C=O) groups is 1. The minimum atomic E-state index is -4.55. The molecule has 0 atom stereocenters. The third-order valence-corrected chi connectivity index (χ3v) is 2.61. The van der Waals surface area contributed by atoms with E-state index in [4.69, 9.17) is 10.8 Å². The number of aliphatic hydroxyl groups excluding tert-OH is 1. The smallest absolute Gasteiger partial charge is 0.395 e. The summed E-state index contributed by atoms with van der Waals surface area (Å²) in [7, 11) is 0. The molecule has 0 aliphatic heterocycles. The molecule has 20 heavy (non-hydrogen) atoms. The van der Waals surface area contributed by atoms with Crippen LogP contribution >= 0.6 is 0 Å². The summed E-state index contributed by atoms with van der Waals surface area (Å²) in [5.41, 5.74) is 6.04. The quantitative estimate of drug-likeness (QED) is 0.727. The van der Waals surface area contributed by atoms with Gasteiger partial charge in [-0.25, -0.2) is 0 Å². The summed E-state index contributed by atoms with van der Waals surface area (Å²) < 4.78 is 37.2. The van der Waals surface area contributed by atoms with Gasteiger partial charge in [-0.2, -0.15) is 18.3 Å². The van der Waals surface area contributed by atoms with E-state index in [1.54, 1.807) is 0 Å². The van der Waals surface area contributed by atoms with Gasteiger partial charge in [-0.3, -0.25) is 9.89 Å². The monoisotopic (exact) mass is 294 g/mol. The molecule has 1 rings (SSSR count). The maximum absolute atomic E-state index is 12.4. The molecule has 1 heterocycles. The Morgan fingerprint density at radius 1 is 1.50 bits per heavy atom. The van der Waals surface area contributed by atoms with Crippen LogP contribution in [-0.2, 0) is 6.42 Å². The Balaban J connectivity index is 2.94. The Morgan fingerprint density at radius 2 is 2.15 bits per heavy atom. The second-order valence-corrected chi connectivity index (χ2v) is 4.28. The molecule has 6 nitrogen and oxygen atoms in total. The van der Waals surface area contributed by atoms with Crippen molar-refractivity contribution in [1.82, 2.24) is 15.1 Å². The summed E-state index contributed by atoms with van der Waals surface area (Å²) >= 11 is 0. The van der Waals surface area contributed by atoms with Crippen LogP contribution in [0.3, 0.4) is 0 Å². The largest absolute Gasteiger partial charge is 0.406 e. The number of hydrogen-bond acceptors (Lipinski definition) is 4. The summed E-state index contributed by atoms with van der Waals surface area (Å²) in [6, 6.07) is 0. The molecule has 0 bridgehead atoms. The van der Waals surface area contributed by atoms with Crippen molar-refractivity contribution in [3.63, 3.8) is 0 Å². The molecular formula is C11H17F3N4O2. The summed E-state index contributed by atoms with van der Waals surface area (Å²) in [5.74, 6) is -0.951. The predicted molar refractivity (Wildman–Crippen MR) is 66.0 cm³/mol. The number of rotatable bonds is 6. The highest BCUT2D eigenvalue weighted by molar-refractivity contribution is 5.97. The van der Waals surface area contributed by atoms with E-state index in [9.17, 15) is 18.0 Å². The van der Waals surface area contributed by atoms with Gasteiger partial charge in [-0.05, 0) is 6.42 Å². The molecule has 0 radical (unpaired) electrons. The summed E-state index contributed by atoms with van der Waals surface area (Å²) in [6.45, 7) is -0.576. The van der Waals surface area contributed by atoms with Gasteiger partial charge >= 0.3 is 6.18 Å². The average molecular weight is 294 g/mol. The van der Waals surface area contributed by atoms with Crippen LogP contribution in [0.15, 0.2) is 0 Å². The number of hydrogen-bond donors (Lipinski definition) is 3. The van der Waals surface area contributed by atoms with Crippen LogP contribution in [0.5, 0.6) is 0 Å². The highest BCUT2D eigenvalue weighted by atomic mass is 19.4. The number of carbonyl (C=O) groups excluding carboxylic acids is 1. The third-order valence-electron chi connectivity index (χ3n) is 2.61. The second-order valence-electron chi connectivity index (χ2n) is 4.28. The number of aliphatic hydroxyl groups is 1. The van der Waals surface area contributed by atoms with Gasteiger partial charge in [-0.1, -0.05) is 13.3 Å². The van der Waals surface area contributed by atoms with Crippen LogP contribution in [0.1, 0.15) is 29.5 Å². The van der Waals surface area contributed by atoms with Crippen molar-refractivity contribution < 1.29 is 23.1 Å². The topological polar surface area (TPSA) is 95.2 Å². The maximum Gasteiger partial charge on any atom is 0.406 e. The molecular weight excluding hydrogens is 277 g/mol. The minimum Gasteiger partial charge on any atom is -0.395 e. The standard InChI is InChI=1S/C11H17F3N4O2/c1-2-3-7-8(15)9(17-16-7)10(20)18(4-5-19)6-11(12,13)14/h19H,2-6,15H2,1H3,(H,16,17). The highest BCUT2D eigenvalue weighted by Crippen LogP contribution is 2.21. The molecule has 0 fully saturated rings. The number of aromatic amines is 1. The number of aromatic nitrogens is 2. The number of anilines is 1. The summed E-state index contributed by atoms with van der Waals surface area (Å²) in [5, 5.41) is 15.0. The molecule has 0 spiro atoms. The Morgan fingerprint density at radius 3 is 2.65 bits per heavy atom. The number of alkyl halides is 3. The third kappa shape index (κ3) is 4.12. The van der Waals surface area contributed by atoms with Crippen molar-refractivity contribution >= 4 is 11.6 Å². The first kappa shape index (κ1) is 16.3. The first-order valence-electron chi connectivity index (χ1n) is 6.09. The van der Waals surface area contributed by atoms with E-state index in [2.05, 4.69) is 10.2 Å². The summed E-state index contributed by atoms with van der Waals surface area (Å²) in [6.07, 6.45) is -3.25.